The minimum Gasteiger partial charge on any atom is -0.872 e. The molecule has 0 radical (unpaired) electrons. The van der Waals surface area contributed by atoms with E-state index in [2.05, 4.69) is 0 Å². The van der Waals surface area contributed by atoms with Crippen molar-refractivity contribution in [3.63, 3.8) is 0 Å². The van der Waals surface area contributed by atoms with Crippen LogP contribution in [0.1, 0.15) is 50.0 Å². The van der Waals surface area contributed by atoms with Gasteiger partial charge in [-0.2, -0.15) is 0 Å². The van der Waals surface area contributed by atoms with Gasteiger partial charge in [0.15, 0.2) is 5.78 Å². The maximum absolute atomic E-state index is 12.3. The summed E-state index contributed by atoms with van der Waals surface area (Å²) < 4.78 is 0. The number of phenols is 2. The van der Waals surface area contributed by atoms with Crippen molar-refractivity contribution in [3.8, 4) is 17.2 Å². The van der Waals surface area contributed by atoms with Gasteiger partial charge in [-0.25, -0.2) is 0 Å². The Morgan fingerprint density at radius 3 is 2.45 bits per heavy atom. The molecule has 0 saturated heterocycles. The normalized spacial score (nSPS) is 12.0. The number of Topliss-reactive ketones (excluding diaryl/α,β-unsaturated/α-hetero) is 1. The van der Waals surface area contributed by atoms with Crippen LogP contribution in [0.25, 0.3) is 0 Å². The summed E-state index contributed by atoms with van der Waals surface area (Å²) in [6.45, 7) is 7.32. The molecule has 0 aliphatic carbocycles. The summed E-state index contributed by atoms with van der Waals surface area (Å²) in [5.41, 5.74) is 0.941. The Hall–Kier alpha value is -1.97. The first-order valence-corrected chi connectivity index (χ1v) is 6.71. The Morgan fingerprint density at radius 1 is 1.35 bits per heavy atom. The molecule has 1 aromatic rings. The number of ketones is 1. The third-order valence-corrected chi connectivity index (χ3v) is 3.36. The molecule has 0 aromatic heterocycles. The van der Waals surface area contributed by atoms with Crippen LogP contribution in [0.15, 0.2) is 17.7 Å². The van der Waals surface area contributed by atoms with E-state index in [1.54, 1.807) is 13.0 Å². The van der Waals surface area contributed by atoms with Gasteiger partial charge in [-0.05, 0) is 32.3 Å². The van der Waals surface area contributed by atoms with E-state index in [1.807, 2.05) is 20.8 Å². The number of benzene rings is 1. The van der Waals surface area contributed by atoms with E-state index >= 15 is 0 Å². The number of carbonyl (C=O) groups excluding carboxylic acids is 1. The molecular weight excluding hydrogens is 256 g/mol. The van der Waals surface area contributed by atoms with Crippen LogP contribution < -0.4 is 5.11 Å². The van der Waals surface area contributed by atoms with Crippen molar-refractivity contribution in [2.75, 3.05) is 0 Å². The second kappa shape index (κ2) is 6.46. The zero-order chi connectivity index (χ0) is 15.4. The first-order chi connectivity index (χ1) is 9.29. The molecule has 110 valence electrons. The fraction of sp³-hybridized carbons (Fsp3) is 0.438. The summed E-state index contributed by atoms with van der Waals surface area (Å²) in [5, 5.41) is 31.9. The number of rotatable bonds is 5. The summed E-state index contributed by atoms with van der Waals surface area (Å²) in [7, 11) is 0. The molecule has 0 heterocycles. The number of hydrogen-bond donors (Lipinski definition) is 2. The lowest BCUT2D eigenvalue weighted by Crippen LogP contribution is -2.14. The fourth-order valence-corrected chi connectivity index (χ4v) is 1.85. The Bertz CT molecular complexity index is 540. The van der Waals surface area contributed by atoms with Gasteiger partial charge in [0.05, 0.1) is 5.56 Å². The summed E-state index contributed by atoms with van der Waals surface area (Å²) in [4.78, 5) is 12.2. The molecule has 20 heavy (non-hydrogen) atoms. The van der Waals surface area contributed by atoms with Crippen molar-refractivity contribution in [1.82, 2.24) is 0 Å². The molecule has 0 aliphatic heterocycles. The van der Waals surface area contributed by atoms with Crippen LogP contribution in [0.3, 0.4) is 0 Å². The van der Waals surface area contributed by atoms with Crippen LogP contribution in [0.2, 0.25) is 0 Å². The number of aromatic hydroxyl groups is 2. The van der Waals surface area contributed by atoms with Crippen molar-refractivity contribution < 1.29 is 20.1 Å². The van der Waals surface area contributed by atoms with E-state index in [1.165, 1.54) is 0 Å². The largest absolute Gasteiger partial charge is 0.872 e. The summed E-state index contributed by atoms with van der Waals surface area (Å²) >= 11 is 0. The maximum Gasteiger partial charge on any atom is 0.168 e. The molecule has 1 rings (SSSR count). The minimum absolute atomic E-state index is 0.149. The quantitative estimate of drug-likeness (QED) is 0.640. The maximum atomic E-state index is 12.3. The molecule has 0 spiro atoms. The van der Waals surface area contributed by atoms with Crippen LogP contribution in [-0.2, 0) is 6.42 Å². The molecule has 4 nitrogen and oxygen atoms in total. The van der Waals surface area contributed by atoms with Gasteiger partial charge in [-0.15, -0.1) is 0 Å². The summed E-state index contributed by atoms with van der Waals surface area (Å²) in [5.74, 6) is -2.02. The molecule has 0 saturated carbocycles. The Balaban J connectivity index is 3.36. The molecule has 4 heteroatoms. The van der Waals surface area contributed by atoms with Gasteiger partial charge in [-0.1, -0.05) is 31.2 Å². The molecule has 2 N–H and O–H groups in total. The number of carbonyl (C=O) groups is 1. The molecular formula is C16H21O4-. The van der Waals surface area contributed by atoms with Crippen molar-refractivity contribution in [2.24, 2.45) is 5.92 Å². The average Bonchev–Trinajstić information content (AvgIpc) is 2.36. The number of hydrogen-bond acceptors (Lipinski definition) is 4. The van der Waals surface area contributed by atoms with Gasteiger partial charge in [0.25, 0.3) is 0 Å². The molecule has 0 amide bonds. The second-order valence-corrected chi connectivity index (χ2v) is 5.26. The molecule has 0 aliphatic rings. The van der Waals surface area contributed by atoms with Crippen LogP contribution in [0.4, 0.5) is 0 Å². The highest BCUT2D eigenvalue weighted by Gasteiger charge is 2.20. The topological polar surface area (TPSA) is 80.6 Å². The Labute approximate surface area is 119 Å². The van der Waals surface area contributed by atoms with Gasteiger partial charge >= 0.3 is 0 Å². The Morgan fingerprint density at radius 2 is 1.95 bits per heavy atom. The van der Waals surface area contributed by atoms with E-state index < -0.39 is 11.5 Å². The SMILES string of the molecule is CCC(C)C(=O)c1c(O)cc(O)c(CC=C(C)C)c1[O-]. The van der Waals surface area contributed by atoms with Crippen molar-refractivity contribution >= 4 is 5.78 Å². The highest BCUT2D eigenvalue weighted by Crippen LogP contribution is 2.37. The molecule has 1 unspecified atom stereocenters. The summed E-state index contributed by atoms with van der Waals surface area (Å²) in [6.07, 6.45) is 2.63. The van der Waals surface area contributed by atoms with Crippen LogP contribution in [0.5, 0.6) is 17.2 Å². The molecule has 1 atom stereocenters. The van der Waals surface area contributed by atoms with Gasteiger partial charge in [0, 0.05) is 12.0 Å². The van der Waals surface area contributed by atoms with Gasteiger partial charge in [0.2, 0.25) is 0 Å². The van der Waals surface area contributed by atoms with E-state index in [0.29, 0.717) is 6.42 Å². The van der Waals surface area contributed by atoms with E-state index in [-0.39, 0.29) is 35.0 Å². The lowest BCUT2D eigenvalue weighted by molar-refractivity contribution is -0.269. The monoisotopic (exact) mass is 277 g/mol. The zero-order valence-corrected chi connectivity index (χ0v) is 12.4. The van der Waals surface area contributed by atoms with E-state index in [0.717, 1.165) is 11.6 Å². The molecule has 1 aromatic carbocycles. The van der Waals surface area contributed by atoms with Crippen LogP contribution in [0, 0.1) is 5.92 Å². The fourth-order valence-electron chi connectivity index (χ4n) is 1.85. The van der Waals surface area contributed by atoms with Gasteiger partial charge in [-0.3, -0.25) is 4.79 Å². The van der Waals surface area contributed by atoms with Gasteiger partial charge in [0.1, 0.15) is 11.5 Å². The summed E-state index contributed by atoms with van der Waals surface area (Å²) in [6, 6.07) is 1.07. The van der Waals surface area contributed by atoms with E-state index in [9.17, 15) is 20.1 Å². The Kier molecular flexibility index (Phi) is 5.19. The molecule has 0 fully saturated rings. The van der Waals surface area contributed by atoms with Crippen molar-refractivity contribution in [2.45, 2.75) is 40.5 Å². The van der Waals surface area contributed by atoms with Crippen molar-refractivity contribution in [3.05, 3.63) is 28.8 Å². The highest BCUT2D eigenvalue weighted by atomic mass is 16.3. The lowest BCUT2D eigenvalue weighted by Gasteiger charge is -2.21. The number of phenolic OH excluding ortho intramolecular Hbond substituents is 2. The van der Waals surface area contributed by atoms with Crippen LogP contribution in [-0.4, -0.2) is 16.0 Å². The first kappa shape index (κ1) is 16.1. The third-order valence-electron chi connectivity index (χ3n) is 3.36. The van der Waals surface area contributed by atoms with E-state index in [4.69, 9.17) is 0 Å². The van der Waals surface area contributed by atoms with Crippen LogP contribution >= 0.6 is 0 Å². The average molecular weight is 277 g/mol. The number of allylic oxidation sites excluding steroid dienone is 2. The lowest BCUT2D eigenvalue weighted by atomic mass is 9.93. The van der Waals surface area contributed by atoms with Gasteiger partial charge < -0.3 is 15.3 Å². The highest BCUT2D eigenvalue weighted by molar-refractivity contribution is 6.03. The predicted molar refractivity (Wildman–Crippen MR) is 76.1 cm³/mol. The molecule has 0 bridgehead atoms. The first-order valence-electron chi connectivity index (χ1n) is 6.71. The predicted octanol–water partition coefficient (Wildman–Crippen LogP) is 2.91. The van der Waals surface area contributed by atoms with Crippen molar-refractivity contribution in [1.29, 1.82) is 0 Å². The third kappa shape index (κ3) is 3.32. The zero-order valence-electron chi connectivity index (χ0n) is 12.4. The minimum atomic E-state index is -0.578. The second-order valence-electron chi connectivity index (χ2n) is 5.26. The smallest absolute Gasteiger partial charge is 0.168 e. The standard InChI is InChI=1S/C16H22O4/c1-5-10(4)15(19)14-13(18)8-12(17)11(16(14)20)7-6-9(2)3/h6,8,10,17-18,20H,5,7H2,1-4H3/p-1.